The van der Waals surface area contributed by atoms with Gasteiger partial charge in [-0.2, -0.15) is 18.3 Å². The van der Waals surface area contributed by atoms with Gasteiger partial charge in [-0.15, -0.1) is 0 Å². The number of benzene rings is 2. The fourth-order valence-electron chi connectivity index (χ4n) is 3.98. The molecule has 2 aromatic carbocycles. The molecule has 0 amide bonds. The number of nitrogens with two attached hydrogens (primary N) is 1. The molecule has 0 bridgehead atoms. The standard InChI is InChI=1S/C22H24F5N5S/c1-13-10-31(20-8-18(23)16(7-19(20)24)9-29-30-21(28)33)11-14(2)32(13)12-15-4-3-5-17(6-15)22(25,26)27/h3-9,13-14H,10-12H2,1-2H3,(H3,28,30,33). The van der Waals surface area contributed by atoms with E-state index in [1.54, 1.807) is 11.0 Å². The van der Waals surface area contributed by atoms with E-state index < -0.39 is 23.4 Å². The highest BCUT2D eigenvalue weighted by atomic mass is 32.1. The summed E-state index contributed by atoms with van der Waals surface area (Å²) in [5.74, 6) is -1.27. The molecule has 11 heteroatoms. The van der Waals surface area contributed by atoms with Gasteiger partial charge in [0.1, 0.15) is 11.6 Å². The average molecular weight is 486 g/mol. The highest BCUT2D eigenvalue weighted by Crippen LogP contribution is 2.31. The maximum Gasteiger partial charge on any atom is 0.416 e. The summed E-state index contributed by atoms with van der Waals surface area (Å²) in [5, 5.41) is 3.54. The zero-order valence-corrected chi connectivity index (χ0v) is 18.9. The zero-order chi connectivity index (χ0) is 24.3. The van der Waals surface area contributed by atoms with Crippen LogP contribution in [-0.2, 0) is 12.7 Å². The van der Waals surface area contributed by atoms with Crippen molar-refractivity contribution in [1.29, 1.82) is 0 Å². The molecule has 0 spiro atoms. The monoisotopic (exact) mass is 485 g/mol. The lowest BCUT2D eigenvalue weighted by Crippen LogP contribution is -2.56. The number of thiocarbonyl (C=S) groups is 1. The van der Waals surface area contributed by atoms with E-state index >= 15 is 0 Å². The summed E-state index contributed by atoms with van der Waals surface area (Å²) in [6, 6.07) is 7.17. The van der Waals surface area contributed by atoms with E-state index in [-0.39, 0.29) is 28.4 Å². The van der Waals surface area contributed by atoms with Gasteiger partial charge >= 0.3 is 6.18 Å². The van der Waals surface area contributed by atoms with E-state index in [1.807, 2.05) is 13.8 Å². The van der Waals surface area contributed by atoms with Crippen molar-refractivity contribution in [3.05, 3.63) is 64.7 Å². The number of anilines is 1. The Morgan fingerprint density at radius 1 is 1.15 bits per heavy atom. The highest BCUT2D eigenvalue weighted by Gasteiger charge is 2.33. The van der Waals surface area contributed by atoms with Gasteiger partial charge in [-0.05, 0) is 43.8 Å². The van der Waals surface area contributed by atoms with E-state index in [2.05, 4.69) is 27.6 Å². The molecule has 3 rings (SSSR count). The second-order valence-electron chi connectivity index (χ2n) is 8.03. The lowest BCUT2D eigenvalue weighted by atomic mass is 10.0. The molecular formula is C22H24F5N5S. The van der Waals surface area contributed by atoms with Gasteiger partial charge in [0, 0.05) is 43.3 Å². The van der Waals surface area contributed by atoms with Crippen LogP contribution in [0.3, 0.4) is 0 Å². The maximum atomic E-state index is 14.8. The molecule has 1 saturated heterocycles. The van der Waals surface area contributed by atoms with Crippen molar-refractivity contribution in [2.24, 2.45) is 10.8 Å². The van der Waals surface area contributed by atoms with E-state index in [0.29, 0.717) is 25.2 Å². The second kappa shape index (κ2) is 10.0. The Balaban J connectivity index is 1.74. The summed E-state index contributed by atoms with van der Waals surface area (Å²) in [7, 11) is 0. The summed E-state index contributed by atoms with van der Waals surface area (Å²) in [5.41, 5.74) is 7.42. The van der Waals surface area contributed by atoms with Crippen molar-refractivity contribution < 1.29 is 22.0 Å². The van der Waals surface area contributed by atoms with Crippen LogP contribution < -0.4 is 16.1 Å². The smallest absolute Gasteiger partial charge is 0.375 e. The molecule has 1 heterocycles. The molecule has 3 N–H and O–H groups in total. The first-order valence-corrected chi connectivity index (χ1v) is 10.6. The molecular weight excluding hydrogens is 461 g/mol. The van der Waals surface area contributed by atoms with Crippen LogP contribution in [0, 0.1) is 11.6 Å². The fraction of sp³-hybridized carbons (Fsp3) is 0.364. The van der Waals surface area contributed by atoms with Gasteiger partial charge in [0.05, 0.1) is 17.5 Å². The highest BCUT2D eigenvalue weighted by molar-refractivity contribution is 7.80. The minimum atomic E-state index is -4.41. The van der Waals surface area contributed by atoms with Gasteiger partial charge in [0.2, 0.25) is 0 Å². The van der Waals surface area contributed by atoms with E-state index in [4.69, 9.17) is 5.73 Å². The second-order valence-corrected chi connectivity index (χ2v) is 8.47. The van der Waals surface area contributed by atoms with Crippen LogP contribution in [0.1, 0.15) is 30.5 Å². The molecule has 0 aromatic heterocycles. The lowest BCUT2D eigenvalue weighted by Gasteiger charge is -2.45. The number of piperazine rings is 1. The minimum Gasteiger partial charge on any atom is -0.375 e. The number of alkyl halides is 3. The molecule has 0 radical (unpaired) electrons. The van der Waals surface area contributed by atoms with Gasteiger partial charge < -0.3 is 10.6 Å². The number of halogens is 5. The van der Waals surface area contributed by atoms with Gasteiger partial charge in [0.25, 0.3) is 0 Å². The molecule has 5 nitrogen and oxygen atoms in total. The average Bonchev–Trinajstić information content (AvgIpc) is 2.72. The molecule has 1 aliphatic rings. The number of hydrogen-bond acceptors (Lipinski definition) is 4. The largest absolute Gasteiger partial charge is 0.416 e. The molecule has 0 aliphatic carbocycles. The first-order chi connectivity index (χ1) is 15.5. The first-order valence-electron chi connectivity index (χ1n) is 10.2. The van der Waals surface area contributed by atoms with Crippen LogP contribution in [0.15, 0.2) is 41.5 Å². The van der Waals surface area contributed by atoms with Crippen molar-refractivity contribution >= 4 is 29.2 Å². The SMILES string of the molecule is CC1CN(c2cc(F)c(C=NNC(N)=S)cc2F)CC(C)N1Cc1cccc(C(F)(F)F)c1. The Hall–Kier alpha value is -2.79. The quantitative estimate of drug-likeness (QED) is 0.287. The van der Waals surface area contributed by atoms with Gasteiger partial charge in [-0.25, -0.2) is 8.78 Å². The Bertz CT molecular complexity index is 1030. The van der Waals surface area contributed by atoms with E-state index in [1.165, 1.54) is 6.07 Å². The molecule has 0 saturated carbocycles. The van der Waals surface area contributed by atoms with Crippen molar-refractivity contribution in [3.63, 3.8) is 0 Å². The van der Waals surface area contributed by atoms with Gasteiger partial charge in [0.15, 0.2) is 5.11 Å². The third-order valence-corrected chi connectivity index (χ3v) is 5.60. The van der Waals surface area contributed by atoms with E-state index in [0.717, 1.165) is 30.5 Å². The van der Waals surface area contributed by atoms with Crippen LogP contribution in [0.2, 0.25) is 0 Å². The molecule has 2 unspecified atom stereocenters. The summed E-state index contributed by atoms with van der Waals surface area (Å²) >= 11 is 4.60. The summed E-state index contributed by atoms with van der Waals surface area (Å²) in [4.78, 5) is 3.80. The van der Waals surface area contributed by atoms with Gasteiger partial charge in [-0.3, -0.25) is 10.3 Å². The number of hydrazone groups is 1. The topological polar surface area (TPSA) is 56.9 Å². The van der Waals surface area contributed by atoms with Crippen LogP contribution in [0.4, 0.5) is 27.6 Å². The number of hydrogen-bond donors (Lipinski definition) is 2. The van der Waals surface area contributed by atoms with Crippen molar-refractivity contribution in [1.82, 2.24) is 10.3 Å². The summed E-state index contributed by atoms with van der Waals surface area (Å²) in [6.45, 7) is 4.91. The fourth-order valence-corrected chi connectivity index (χ4v) is 4.03. The first kappa shape index (κ1) is 24.8. The predicted molar refractivity (Wildman–Crippen MR) is 122 cm³/mol. The predicted octanol–water partition coefficient (Wildman–Crippen LogP) is 4.25. The molecule has 1 aliphatic heterocycles. The molecule has 178 valence electrons. The normalized spacial score (nSPS) is 19.8. The van der Waals surface area contributed by atoms with Crippen LogP contribution in [0.5, 0.6) is 0 Å². The Labute approximate surface area is 194 Å². The zero-order valence-electron chi connectivity index (χ0n) is 18.0. The third-order valence-electron chi connectivity index (χ3n) is 5.51. The number of rotatable bonds is 5. The minimum absolute atomic E-state index is 0.0655. The Kier molecular flexibility index (Phi) is 7.53. The summed E-state index contributed by atoms with van der Waals surface area (Å²) < 4.78 is 68.4. The Morgan fingerprint density at radius 3 is 2.42 bits per heavy atom. The molecule has 2 atom stereocenters. The lowest BCUT2D eigenvalue weighted by molar-refractivity contribution is -0.137. The molecule has 33 heavy (non-hydrogen) atoms. The number of nitrogens with one attached hydrogen (secondary N) is 1. The van der Waals surface area contributed by atoms with Crippen LogP contribution >= 0.6 is 12.2 Å². The molecule has 2 aromatic rings. The van der Waals surface area contributed by atoms with Crippen molar-refractivity contribution in [3.8, 4) is 0 Å². The van der Waals surface area contributed by atoms with Crippen molar-refractivity contribution in [2.45, 2.75) is 38.7 Å². The Morgan fingerprint density at radius 2 is 1.82 bits per heavy atom. The van der Waals surface area contributed by atoms with E-state index in [9.17, 15) is 22.0 Å². The summed E-state index contributed by atoms with van der Waals surface area (Å²) in [6.07, 6.45) is -3.32. The van der Waals surface area contributed by atoms with Gasteiger partial charge in [-0.1, -0.05) is 18.2 Å². The molecule has 1 fully saturated rings. The third kappa shape index (κ3) is 6.17. The maximum absolute atomic E-state index is 14.8. The van der Waals surface area contributed by atoms with Crippen LogP contribution in [-0.4, -0.2) is 41.4 Å². The van der Waals surface area contributed by atoms with Crippen molar-refractivity contribution in [2.75, 3.05) is 18.0 Å². The number of nitrogens with zero attached hydrogens (tertiary/aromatic N) is 3. The van der Waals surface area contributed by atoms with Crippen LogP contribution in [0.25, 0.3) is 0 Å².